The summed E-state index contributed by atoms with van der Waals surface area (Å²) in [5.41, 5.74) is 1.12. The number of ether oxygens (including phenoxy) is 1. The highest BCUT2D eigenvalue weighted by atomic mass is 28.3. The van der Waals surface area contributed by atoms with Gasteiger partial charge in [0.15, 0.2) is 0 Å². The number of hydrogen-bond acceptors (Lipinski definition) is 3. The zero-order valence-electron chi connectivity index (χ0n) is 14.1. The van der Waals surface area contributed by atoms with Crippen molar-refractivity contribution < 1.29 is 14.6 Å². The van der Waals surface area contributed by atoms with E-state index in [-0.39, 0.29) is 12.4 Å². The normalized spacial score (nSPS) is 17.3. The zero-order chi connectivity index (χ0) is 16.3. The van der Waals surface area contributed by atoms with Gasteiger partial charge < -0.3 is 9.84 Å². The topological polar surface area (TPSA) is 64.3 Å². The molecule has 5 nitrogen and oxygen atoms in total. The van der Waals surface area contributed by atoms with Crippen LogP contribution < -0.4 is 0 Å². The van der Waals surface area contributed by atoms with Crippen molar-refractivity contribution in [1.82, 2.24) is 9.78 Å². The summed E-state index contributed by atoms with van der Waals surface area (Å²) in [5, 5.41) is 13.8. The molecule has 1 N–H and O–H groups in total. The van der Waals surface area contributed by atoms with E-state index in [0.717, 1.165) is 11.7 Å². The summed E-state index contributed by atoms with van der Waals surface area (Å²) < 4.78 is 7.15. The maximum absolute atomic E-state index is 11.4. The van der Waals surface area contributed by atoms with Gasteiger partial charge in [-0.2, -0.15) is 5.10 Å². The minimum absolute atomic E-state index is 0.226. The lowest BCUT2D eigenvalue weighted by Crippen LogP contribution is -2.22. The predicted octanol–water partition coefficient (Wildman–Crippen LogP) is 3.80. The van der Waals surface area contributed by atoms with E-state index < -0.39 is 14.0 Å². The second-order valence-electron chi connectivity index (χ2n) is 7.59. The third kappa shape index (κ3) is 4.43. The molecule has 0 saturated heterocycles. The van der Waals surface area contributed by atoms with Crippen molar-refractivity contribution in [3.63, 3.8) is 0 Å². The van der Waals surface area contributed by atoms with Gasteiger partial charge in [-0.05, 0) is 30.9 Å². The summed E-state index contributed by atoms with van der Waals surface area (Å²) in [4.78, 5) is 11.4. The quantitative estimate of drug-likeness (QED) is 0.583. The van der Waals surface area contributed by atoms with Gasteiger partial charge in [-0.3, -0.25) is 0 Å². The van der Waals surface area contributed by atoms with E-state index in [1.807, 2.05) is 0 Å². The van der Waals surface area contributed by atoms with Gasteiger partial charge in [-0.1, -0.05) is 33.0 Å². The van der Waals surface area contributed by atoms with Gasteiger partial charge in [0.25, 0.3) is 0 Å². The Hall–Kier alpha value is -1.14. The fourth-order valence-electron chi connectivity index (χ4n) is 2.64. The largest absolute Gasteiger partial charge is 0.477 e. The van der Waals surface area contributed by atoms with Crippen molar-refractivity contribution in [3.8, 4) is 0 Å². The Morgan fingerprint density at radius 1 is 1.50 bits per heavy atom. The first-order valence-corrected chi connectivity index (χ1v) is 11.9. The van der Waals surface area contributed by atoms with Crippen LogP contribution >= 0.6 is 0 Å². The van der Waals surface area contributed by atoms with Gasteiger partial charge in [0, 0.05) is 20.6 Å². The van der Waals surface area contributed by atoms with Crippen molar-refractivity contribution in [1.29, 1.82) is 0 Å². The van der Waals surface area contributed by atoms with Crippen LogP contribution in [0.15, 0.2) is 6.07 Å². The van der Waals surface area contributed by atoms with Gasteiger partial charge in [0.05, 0.1) is 5.69 Å². The molecule has 124 valence electrons. The molecule has 1 aliphatic rings. The van der Waals surface area contributed by atoms with Crippen LogP contribution in [0.3, 0.4) is 0 Å². The molecule has 0 aromatic carbocycles. The van der Waals surface area contributed by atoms with E-state index >= 15 is 0 Å². The SMILES string of the molecule is CC(c1cc(C(=O)O)n(COCC[Si](C)(C)C)n1)C1CCC1. The van der Waals surface area contributed by atoms with Gasteiger partial charge >= 0.3 is 5.97 Å². The highest BCUT2D eigenvalue weighted by molar-refractivity contribution is 6.76. The van der Waals surface area contributed by atoms with E-state index in [0.29, 0.717) is 18.4 Å². The number of carbonyl (C=O) groups is 1. The minimum Gasteiger partial charge on any atom is -0.477 e. The van der Waals surface area contributed by atoms with Crippen LogP contribution in [-0.2, 0) is 11.5 Å². The summed E-state index contributed by atoms with van der Waals surface area (Å²) in [6.45, 7) is 9.93. The molecule has 1 aliphatic carbocycles. The molecule has 0 aliphatic heterocycles. The van der Waals surface area contributed by atoms with Crippen molar-refractivity contribution in [2.24, 2.45) is 5.92 Å². The Morgan fingerprint density at radius 2 is 2.18 bits per heavy atom. The van der Waals surface area contributed by atoms with Gasteiger partial charge in [-0.15, -0.1) is 0 Å². The molecule has 2 rings (SSSR count). The van der Waals surface area contributed by atoms with Gasteiger partial charge in [0.2, 0.25) is 0 Å². The highest BCUT2D eigenvalue weighted by Crippen LogP contribution is 2.38. The molecule has 1 atom stereocenters. The molecule has 1 saturated carbocycles. The third-order valence-corrected chi connectivity index (χ3v) is 6.26. The first-order chi connectivity index (χ1) is 10.3. The van der Waals surface area contributed by atoms with Crippen LogP contribution in [0.5, 0.6) is 0 Å². The van der Waals surface area contributed by atoms with E-state index in [9.17, 15) is 9.90 Å². The molecule has 0 bridgehead atoms. The average molecular weight is 324 g/mol. The number of rotatable bonds is 8. The maximum atomic E-state index is 11.4. The van der Waals surface area contributed by atoms with Gasteiger partial charge in [0.1, 0.15) is 12.4 Å². The number of aromatic nitrogens is 2. The van der Waals surface area contributed by atoms with Crippen molar-refractivity contribution in [3.05, 3.63) is 17.5 Å². The smallest absolute Gasteiger partial charge is 0.354 e. The van der Waals surface area contributed by atoms with Crippen molar-refractivity contribution in [2.75, 3.05) is 6.61 Å². The van der Waals surface area contributed by atoms with E-state index in [1.165, 1.54) is 23.9 Å². The third-order valence-electron chi connectivity index (χ3n) is 4.55. The second kappa shape index (κ2) is 6.96. The van der Waals surface area contributed by atoms with Crippen molar-refractivity contribution in [2.45, 2.75) is 64.5 Å². The number of carboxylic acid groups (broad SMARTS) is 1. The Kier molecular flexibility index (Phi) is 5.44. The lowest BCUT2D eigenvalue weighted by atomic mass is 9.75. The minimum atomic E-state index is -1.13. The number of carboxylic acids is 1. The molecule has 0 amide bonds. The number of hydrogen-bond donors (Lipinski definition) is 1. The average Bonchev–Trinajstić information content (AvgIpc) is 2.75. The zero-order valence-corrected chi connectivity index (χ0v) is 15.1. The van der Waals surface area contributed by atoms with Crippen molar-refractivity contribution >= 4 is 14.0 Å². The summed E-state index contributed by atoms with van der Waals surface area (Å²) in [6.07, 6.45) is 3.73. The van der Waals surface area contributed by atoms with E-state index in [1.54, 1.807) is 6.07 Å². The lowest BCUT2D eigenvalue weighted by Gasteiger charge is -2.30. The van der Waals surface area contributed by atoms with E-state index in [4.69, 9.17) is 4.74 Å². The summed E-state index contributed by atoms with van der Waals surface area (Å²) in [5.74, 6) is 0.0428. The molecule has 1 aromatic rings. The number of aromatic carboxylic acids is 1. The molecule has 0 spiro atoms. The van der Waals surface area contributed by atoms with Crippen LogP contribution in [-0.4, -0.2) is 35.5 Å². The maximum Gasteiger partial charge on any atom is 0.354 e. The first-order valence-electron chi connectivity index (χ1n) is 8.17. The van der Waals surface area contributed by atoms with Crippen LogP contribution in [0, 0.1) is 5.92 Å². The number of nitrogens with zero attached hydrogens (tertiary/aromatic N) is 2. The highest BCUT2D eigenvalue weighted by Gasteiger charge is 2.28. The summed E-state index contributed by atoms with van der Waals surface area (Å²) >= 11 is 0. The van der Waals surface area contributed by atoms with Gasteiger partial charge in [-0.25, -0.2) is 9.48 Å². The fourth-order valence-corrected chi connectivity index (χ4v) is 3.40. The molecule has 22 heavy (non-hydrogen) atoms. The fraction of sp³-hybridized carbons (Fsp3) is 0.750. The molecule has 1 fully saturated rings. The Bertz CT molecular complexity index is 518. The molecule has 1 heterocycles. The summed E-state index contributed by atoms with van der Waals surface area (Å²) in [6, 6.07) is 2.79. The Balaban J connectivity index is 1.99. The van der Waals surface area contributed by atoms with E-state index in [2.05, 4.69) is 31.7 Å². The lowest BCUT2D eigenvalue weighted by molar-refractivity contribution is 0.0589. The van der Waals surface area contributed by atoms with Crippen LogP contribution in [0.4, 0.5) is 0 Å². The molecular formula is C16H28N2O3Si. The Labute approximate surface area is 133 Å². The van der Waals surface area contributed by atoms with Crippen LogP contribution in [0.2, 0.25) is 25.7 Å². The summed E-state index contributed by atoms with van der Waals surface area (Å²) in [7, 11) is -1.13. The van der Waals surface area contributed by atoms with Crippen LogP contribution in [0.1, 0.15) is 48.3 Å². The Morgan fingerprint density at radius 3 is 2.68 bits per heavy atom. The standard InChI is InChI=1S/C16H28N2O3Si/c1-12(13-6-5-7-13)14-10-15(16(19)20)18(17-14)11-21-8-9-22(2,3)4/h10,12-13H,5-9,11H2,1-4H3,(H,19,20). The molecule has 6 heteroatoms. The molecular weight excluding hydrogens is 296 g/mol. The second-order valence-corrected chi connectivity index (χ2v) is 13.2. The first kappa shape index (κ1) is 17.2. The molecule has 0 radical (unpaired) electrons. The van der Waals surface area contributed by atoms with Crippen LogP contribution in [0.25, 0.3) is 0 Å². The molecule has 1 aromatic heterocycles. The monoisotopic (exact) mass is 324 g/mol. The predicted molar refractivity (Wildman–Crippen MR) is 89.0 cm³/mol. The molecule has 1 unspecified atom stereocenters.